The highest BCUT2D eigenvalue weighted by molar-refractivity contribution is 9.10. The van der Waals surface area contributed by atoms with Crippen LogP contribution in [0.4, 0.5) is 5.69 Å². The van der Waals surface area contributed by atoms with Gasteiger partial charge in [-0.05, 0) is 62.0 Å². The molecule has 1 aliphatic rings. The van der Waals surface area contributed by atoms with E-state index >= 15 is 0 Å². The average molecular weight is 311 g/mol. The summed E-state index contributed by atoms with van der Waals surface area (Å²) in [5, 5.41) is 0. The predicted octanol–water partition coefficient (Wildman–Crippen LogP) is 4.04. The third-order valence-corrected chi connectivity index (χ3v) is 4.36. The minimum absolute atomic E-state index is 0.848. The molecule has 1 aromatic carbocycles. The van der Waals surface area contributed by atoms with E-state index in [0.29, 0.717) is 0 Å². The minimum atomic E-state index is 0.848. The lowest BCUT2D eigenvalue weighted by Gasteiger charge is -2.20. The number of halogens is 1. The number of anilines is 1. The van der Waals surface area contributed by atoms with Gasteiger partial charge in [0.2, 0.25) is 0 Å². The van der Waals surface area contributed by atoms with Crippen LogP contribution in [0.5, 0.6) is 0 Å². The van der Waals surface area contributed by atoms with E-state index in [-0.39, 0.29) is 0 Å². The molecule has 0 aromatic heterocycles. The first-order valence-corrected chi connectivity index (χ1v) is 7.74. The summed E-state index contributed by atoms with van der Waals surface area (Å²) in [6.07, 6.45) is 5.41. The standard InChI is InChI=1S/C15H23BrN2/c1-2-12-4-3-6-18(7-5-12)11-13-8-14(16)10-15(17)9-13/h8-10,12H,2-7,11,17H2,1H3. The van der Waals surface area contributed by atoms with E-state index in [1.54, 1.807) is 0 Å². The third-order valence-electron chi connectivity index (χ3n) is 3.90. The molecule has 3 heteroatoms. The second-order valence-corrected chi connectivity index (χ2v) is 6.29. The molecule has 0 saturated carbocycles. The number of likely N-dealkylation sites (tertiary alicyclic amines) is 1. The van der Waals surface area contributed by atoms with Crippen LogP contribution in [-0.2, 0) is 6.54 Å². The first-order valence-electron chi connectivity index (χ1n) is 6.94. The maximum absolute atomic E-state index is 5.89. The van der Waals surface area contributed by atoms with Gasteiger partial charge in [-0.1, -0.05) is 29.3 Å². The van der Waals surface area contributed by atoms with Gasteiger partial charge in [-0.3, -0.25) is 4.90 Å². The van der Waals surface area contributed by atoms with Gasteiger partial charge < -0.3 is 5.73 Å². The van der Waals surface area contributed by atoms with E-state index in [0.717, 1.165) is 22.6 Å². The number of nitrogens with two attached hydrogens (primary N) is 1. The van der Waals surface area contributed by atoms with Crippen molar-refractivity contribution in [1.82, 2.24) is 4.90 Å². The van der Waals surface area contributed by atoms with Gasteiger partial charge in [0, 0.05) is 16.7 Å². The van der Waals surface area contributed by atoms with E-state index in [2.05, 4.69) is 39.9 Å². The molecule has 0 amide bonds. The summed E-state index contributed by atoms with van der Waals surface area (Å²) < 4.78 is 1.08. The molecule has 2 N–H and O–H groups in total. The van der Waals surface area contributed by atoms with Crippen molar-refractivity contribution in [2.75, 3.05) is 18.8 Å². The van der Waals surface area contributed by atoms with Gasteiger partial charge >= 0.3 is 0 Å². The molecule has 1 atom stereocenters. The second kappa shape index (κ2) is 6.58. The lowest BCUT2D eigenvalue weighted by atomic mass is 9.98. The van der Waals surface area contributed by atoms with Crippen LogP contribution in [0, 0.1) is 5.92 Å². The highest BCUT2D eigenvalue weighted by atomic mass is 79.9. The number of nitrogen functional groups attached to an aromatic ring is 1. The Morgan fingerprint density at radius 2 is 2.11 bits per heavy atom. The molecule has 1 saturated heterocycles. The summed E-state index contributed by atoms with van der Waals surface area (Å²) in [5.74, 6) is 0.933. The monoisotopic (exact) mass is 310 g/mol. The van der Waals surface area contributed by atoms with Gasteiger partial charge in [-0.25, -0.2) is 0 Å². The Labute approximate surface area is 119 Å². The lowest BCUT2D eigenvalue weighted by Crippen LogP contribution is -2.24. The zero-order valence-electron chi connectivity index (χ0n) is 11.2. The van der Waals surface area contributed by atoms with Crippen LogP contribution in [-0.4, -0.2) is 18.0 Å². The van der Waals surface area contributed by atoms with Crippen molar-refractivity contribution in [2.24, 2.45) is 5.92 Å². The summed E-state index contributed by atoms with van der Waals surface area (Å²) in [4.78, 5) is 2.57. The first kappa shape index (κ1) is 13.9. The number of benzene rings is 1. The zero-order valence-corrected chi connectivity index (χ0v) is 12.7. The molecule has 1 heterocycles. The van der Waals surface area contributed by atoms with Crippen LogP contribution in [0.3, 0.4) is 0 Å². The summed E-state index contributed by atoms with van der Waals surface area (Å²) in [5.41, 5.74) is 8.05. The smallest absolute Gasteiger partial charge is 0.0328 e. The fraction of sp³-hybridized carbons (Fsp3) is 0.600. The minimum Gasteiger partial charge on any atom is -0.399 e. The Balaban J connectivity index is 1.96. The molecular formula is C15H23BrN2. The number of hydrogen-bond donors (Lipinski definition) is 1. The molecule has 0 spiro atoms. The van der Waals surface area contributed by atoms with Crippen LogP contribution in [0.15, 0.2) is 22.7 Å². The van der Waals surface area contributed by atoms with Gasteiger partial charge in [0.25, 0.3) is 0 Å². The molecule has 100 valence electrons. The normalized spacial score (nSPS) is 21.8. The summed E-state index contributed by atoms with van der Waals surface area (Å²) in [6, 6.07) is 6.23. The van der Waals surface area contributed by atoms with Crippen molar-refractivity contribution in [1.29, 1.82) is 0 Å². The van der Waals surface area contributed by atoms with Crippen molar-refractivity contribution in [3.8, 4) is 0 Å². The topological polar surface area (TPSA) is 29.3 Å². The molecular weight excluding hydrogens is 288 g/mol. The summed E-state index contributed by atoms with van der Waals surface area (Å²) >= 11 is 3.52. The van der Waals surface area contributed by atoms with Crippen molar-refractivity contribution in [3.05, 3.63) is 28.2 Å². The fourth-order valence-electron chi connectivity index (χ4n) is 2.82. The van der Waals surface area contributed by atoms with Crippen LogP contribution in [0.1, 0.15) is 38.2 Å². The quantitative estimate of drug-likeness (QED) is 0.854. The largest absolute Gasteiger partial charge is 0.399 e. The van der Waals surface area contributed by atoms with Crippen molar-refractivity contribution >= 4 is 21.6 Å². The van der Waals surface area contributed by atoms with E-state index in [9.17, 15) is 0 Å². The first-order chi connectivity index (χ1) is 8.67. The molecule has 1 aromatic rings. The zero-order chi connectivity index (χ0) is 13.0. The van der Waals surface area contributed by atoms with E-state index in [1.807, 2.05) is 6.07 Å². The van der Waals surface area contributed by atoms with Crippen molar-refractivity contribution in [2.45, 2.75) is 39.2 Å². The number of hydrogen-bond acceptors (Lipinski definition) is 2. The molecule has 1 unspecified atom stereocenters. The van der Waals surface area contributed by atoms with E-state index in [1.165, 1.54) is 44.3 Å². The van der Waals surface area contributed by atoms with E-state index < -0.39 is 0 Å². The average Bonchev–Trinajstić information content (AvgIpc) is 2.53. The van der Waals surface area contributed by atoms with Crippen LogP contribution in [0.25, 0.3) is 0 Å². The molecule has 2 nitrogen and oxygen atoms in total. The maximum atomic E-state index is 5.89. The molecule has 2 rings (SSSR count). The number of rotatable bonds is 3. The third kappa shape index (κ3) is 3.99. The van der Waals surface area contributed by atoms with Gasteiger partial charge in [0.05, 0.1) is 0 Å². The number of nitrogens with zero attached hydrogens (tertiary/aromatic N) is 1. The van der Waals surface area contributed by atoms with Crippen molar-refractivity contribution < 1.29 is 0 Å². The van der Waals surface area contributed by atoms with E-state index in [4.69, 9.17) is 5.73 Å². The Morgan fingerprint density at radius 1 is 1.28 bits per heavy atom. The Bertz CT molecular complexity index is 372. The molecule has 0 bridgehead atoms. The van der Waals surface area contributed by atoms with Gasteiger partial charge in [0.1, 0.15) is 0 Å². The maximum Gasteiger partial charge on any atom is 0.0328 e. The molecule has 1 aliphatic heterocycles. The summed E-state index contributed by atoms with van der Waals surface area (Å²) in [6.45, 7) is 5.79. The fourth-order valence-corrected chi connectivity index (χ4v) is 3.37. The molecule has 0 aliphatic carbocycles. The highest BCUT2D eigenvalue weighted by Gasteiger charge is 2.15. The van der Waals surface area contributed by atoms with Crippen LogP contribution >= 0.6 is 15.9 Å². The van der Waals surface area contributed by atoms with Crippen LogP contribution < -0.4 is 5.73 Å². The second-order valence-electron chi connectivity index (χ2n) is 5.37. The Morgan fingerprint density at radius 3 is 2.83 bits per heavy atom. The molecule has 0 radical (unpaired) electrons. The van der Waals surface area contributed by atoms with Gasteiger partial charge in [-0.2, -0.15) is 0 Å². The Hall–Kier alpha value is -0.540. The lowest BCUT2D eigenvalue weighted by molar-refractivity contribution is 0.272. The van der Waals surface area contributed by atoms with Crippen molar-refractivity contribution in [3.63, 3.8) is 0 Å². The SMILES string of the molecule is CCC1CCCN(Cc2cc(N)cc(Br)c2)CC1. The van der Waals surface area contributed by atoms with Gasteiger partial charge in [-0.15, -0.1) is 0 Å². The molecule has 1 fully saturated rings. The Kier molecular flexibility index (Phi) is 5.07. The summed E-state index contributed by atoms with van der Waals surface area (Å²) in [7, 11) is 0. The molecule has 18 heavy (non-hydrogen) atoms. The van der Waals surface area contributed by atoms with Gasteiger partial charge in [0.15, 0.2) is 0 Å². The predicted molar refractivity (Wildman–Crippen MR) is 81.5 cm³/mol. The van der Waals surface area contributed by atoms with Crippen LogP contribution in [0.2, 0.25) is 0 Å². The highest BCUT2D eigenvalue weighted by Crippen LogP contribution is 2.23.